The Morgan fingerprint density at radius 3 is 2.68 bits per heavy atom. The summed E-state index contributed by atoms with van der Waals surface area (Å²) in [5, 5.41) is 7.49. The Hall–Kier alpha value is -3.85. The molecule has 0 aliphatic rings. The molecule has 0 unspecified atom stereocenters. The minimum atomic E-state index is -0.480. The molecule has 0 saturated heterocycles. The van der Waals surface area contributed by atoms with Crippen LogP contribution >= 0.6 is 11.6 Å². The van der Waals surface area contributed by atoms with Crippen molar-refractivity contribution in [2.45, 2.75) is 6.54 Å². The molecule has 4 aromatic rings. The molecule has 4 rings (SSSR count). The minimum Gasteiger partial charge on any atom is -0.436 e. The van der Waals surface area contributed by atoms with Gasteiger partial charge in [0.05, 0.1) is 0 Å². The SMILES string of the molecule is CN(C)c1ccc(NC(=O)Cn2nc3c(Oc4cccc(Cl)c4)nccn3c2=O)cc1. The molecule has 9 nitrogen and oxygen atoms in total. The van der Waals surface area contributed by atoms with Gasteiger partial charge in [-0.2, -0.15) is 0 Å². The molecule has 2 heterocycles. The van der Waals surface area contributed by atoms with Crippen molar-refractivity contribution in [3.8, 4) is 11.6 Å². The average Bonchev–Trinajstić information content (AvgIpc) is 3.05. The number of nitrogens with one attached hydrogen (secondary N) is 1. The van der Waals surface area contributed by atoms with Crippen molar-refractivity contribution in [2.75, 3.05) is 24.3 Å². The number of rotatable bonds is 6. The van der Waals surface area contributed by atoms with E-state index < -0.39 is 5.69 Å². The predicted octanol–water partition coefficient (Wildman–Crippen LogP) is 3.04. The van der Waals surface area contributed by atoms with E-state index in [0.717, 1.165) is 10.4 Å². The lowest BCUT2D eigenvalue weighted by atomic mass is 10.2. The van der Waals surface area contributed by atoms with Gasteiger partial charge in [-0.05, 0) is 42.5 Å². The molecule has 0 fully saturated rings. The number of aromatic nitrogens is 4. The zero-order valence-corrected chi connectivity index (χ0v) is 17.6. The summed E-state index contributed by atoms with van der Waals surface area (Å²) in [6, 6.07) is 14.1. The van der Waals surface area contributed by atoms with Gasteiger partial charge >= 0.3 is 5.69 Å². The van der Waals surface area contributed by atoms with Crippen molar-refractivity contribution in [3.63, 3.8) is 0 Å². The maximum absolute atomic E-state index is 12.7. The van der Waals surface area contributed by atoms with Gasteiger partial charge in [-0.15, -0.1) is 5.10 Å². The zero-order valence-electron chi connectivity index (χ0n) is 16.8. The molecule has 158 valence electrons. The van der Waals surface area contributed by atoms with Gasteiger partial charge in [-0.1, -0.05) is 17.7 Å². The summed E-state index contributed by atoms with van der Waals surface area (Å²) in [5.41, 5.74) is 1.34. The lowest BCUT2D eigenvalue weighted by molar-refractivity contribution is -0.117. The first kappa shape index (κ1) is 20.4. The van der Waals surface area contributed by atoms with E-state index in [1.807, 2.05) is 31.1 Å². The first-order chi connectivity index (χ1) is 14.9. The van der Waals surface area contributed by atoms with Crippen LogP contribution < -0.4 is 20.6 Å². The van der Waals surface area contributed by atoms with Crippen molar-refractivity contribution in [1.29, 1.82) is 0 Å². The molecule has 0 aliphatic heterocycles. The van der Waals surface area contributed by atoms with Gasteiger partial charge in [-0.25, -0.2) is 18.9 Å². The number of halogens is 1. The Morgan fingerprint density at radius 1 is 1.19 bits per heavy atom. The number of amides is 1. The number of benzene rings is 2. The number of nitrogens with zero attached hydrogens (tertiary/aromatic N) is 5. The number of anilines is 2. The summed E-state index contributed by atoms with van der Waals surface area (Å²) < 4.78 is 8.07. The molecule has 2 aromatic carbocycles. The van der Waals surface area contributed by atoms with Crippen LogP contribution in [-0.2, 0) is 11.3 Å². The summed E-state index contributed by atoms with van der Waals surface area (Å²) in [6.45, 7) is -0.257. The van der Waals surface area contributed by atoms with E-state index in [4.69, 9.17) is 16.3 Å². The lowest BCUT2D eigenvalue weighted by Crippen LogP contribution is -2.28. The Morgan fingerprint density at radius 2 is 1.97 bits per heavy atom. The molecule has 0 spiro atoms. The fourth-order valence-electron chi connectivity index (χ4n) is 2.92. The maximum atomic E-state index is 12.7. The standard InChI is InChI=1S/C21H19ClN6O3/c1-26(2)16-8-6-15(7-9-16)24-18(29)13-28-21(30)27-11-10-23-20(19(27)25-28)31-17-5-3-4-14(22)12-17/h3-12H,13H2,1-2H3,(H,24,29). The second kappa shape index (κ2) is 8.49. The molecule has 31 heavy (non-hydrogen) atoms. The van der Waals surface area contributed by atoms with Crippen LogP contribution in [0.2, 0.25) is 5.02 Å². The summed E-state index contributed by atoms with van der Waals surface area (Å²) >= 11 is 5.98. The molecule has 1 N–H and O–H groups in total. The number of hydrogen-bond acceptors (Lipinski definition) is 6. The van der Waals surface area contributed by atoms with Crippen molar-refractivity contribution < 1.29 is 9.53 Å². The van der Waals surface area contributed by atoms with Crippen molar-refractivity contribution in [3.05, 3.63) is 76.4 Å². The fraction of sp³-hybridized carbons (Fsp3) is 0.143. The van der Waals surface area contributed by atoms with E-state index in [9.17, 15) is 9.59 Å². The number of carbonyl (C=O) groups is 1. The van der Waals surface area contributed by atoms with E-state index >= 15 is 0 Å². The van der Waals surface area contributed by atoms with Crippen LogP contribution in [0.1, 0.15) is 0 Å². The topological polar surface area (TPSA) is 93.8 Å². The van der Waals surface area contributed by atoms with Crippen molar-refractivity contribution >= 4 is 34.5 Å². The number of ether oxygens (including phenoxy) is 1. The van der Waals surface area contributed by atoms with Crippen molar-refractivity contribution in [2.24, 2.45) is 0 Å². The minimum absolute atomic E-state index is 0.125. The normalized spacial score (nSPS) is 10.8. The Labute approximate surface area is 182 Å². The smallest absolute Gasteiger partial charge is 0.351 e. The third-order valence-electron chi connectivity index (χ3n) is 4.44. The van der Waals surface area contributed by atoms with Crippen LogP contribution in [0.3, 0.4) is 0 Å². The first-order valence-corrected chi connectivity index (χ1v) is 9.73. The highest BCUT2D eigenvalue weighted by molar-refractivity contribution is 6.30. The Kier molecular flexibility index (Phi) is 5.59. The van der Waals surface area contributed by atoms with Gasteiger partial charge in [0.25, 0.3) is 5.88 Å². The molecule has 2 aromatic heterocycles. The van der Waals surface area contributed by atoms with Gasteiger partial charge in [0.15, 0.2) is 0 Å². The molecule has 0 radical (unpaired) electrons. The predicted molar refractivity (Wildman–Crippen MR) is 118 cm³/mol. The Balaban J connectivity index is 1.55. The number of fused-ring (bicyclic) bond motifs is 1. The quantitative estimate of drug-likeness (QED) is 0.497. The molecule has 10 heteroatoms. The second-order valence-corrected chi connectivity index (χ2v) is 7.35. The monoisotopic (exact) mass is 438 g/mol. The lowest BCUT2D eigenvalue weighted by Gasteiger charge is -2.13. The van der Waals surface area contributed by atoms with Crippen LogP contribution in [0.5, 0.6) is 11.6 Å². The first-order valence-electron chi connectivity index (χ1n) is 9.35. The van der Waals surface area contributed by atoms with Gasteiger partial charge in [-0.3, -0.25) is 4.79 Å². The van der Waals surface area contributed by atoms with Gasteiger partial charge in [0.2, 0.25) is 11.6 Å². The molecular formula is C21H19ClN6O3. The van der Waals surface area contributed by atoms with E-state index in [1.165, 1.54) is 16.8 Å². The van der Waals surface area contributed by atoms with Gasteiger partial charge in [0, 0.05) is 42.9 Å². The molecular weight excluding hydrogens is 420 g/mol. The summed E-state index contributed by atoms with van der Waals surface area (Å²) in [7, 11) is 3.87. The van der Waals surface area contributed by atoms with Crippen LogP contribution in [-0.4, -0.2) is 39.2 Å². The second-order valence-electron chi connectivity index (χ2n) is 6.92. The van der Waals surface area contributed by atoms with Gasteiger partial charge in [0.1, 0.15) is 12.3 Å². The molecule has 1 amide bonds. The third-order valence-corrected chi connectivity index (χ3v) is 4.68. The van der Waals surface area contributed by atoms with Crippen LogP contribution in [0.15, 0.2) is 65.7 Å². The van der Waals surface area contributed by atoms with Gasteiger partial charge < -0.3 is 15.0 Å². The van der Waals surface area contributed by atoms with E-state index in [1.54, 1.807) is 36.4 Å². The van der Waals surface area contributed by atoms with E-state index in [-0.39, 0.29) is 24.0 Å². The Bertz CT molecular complexity index is 1300. The zero-order chi connectivity index (χ0) is 22.0. The fourth-order valence-corrected chi connectivity index (χ4v) is 3.10. The summed E-state index contributed by atoms with van der Waals surface area (Å²) in [4.78, 5) is 31.2. The highest BCUT2D eigenvalue weighted by Crippen LogP contribution is 2.24. The summed E-state index contributed by atoms with van der Waals surface area (Å²) in [6.07, 6.45) is 2.89. The largest absolute Gasteiger partial charge is 0.436 e. The number of hydrogen-bond donors (Lipinski definition) is 1. The van der Waals surface area contributed by atoms with Crippen molar-refractivity contribution in [1.82, 2.24) is 19.2 Å². The van der Waals surface area contributed by atoms with Crippen LogP contribution in [0.4, 0.5) is 11.4 Å². The van der Waals surface area contributed by atoms with Crippen LogP contribution in [0.25, 0.3) is 5.65 Å². The molecule has 0 saturated carbocycles. The van der Waals surface area contributed by atoms with E-state index in [0.29, 0.717) is 16.5 Å². The third kappa shape index (κ3) is 4.51. The molecule has 0 bridgehead atoms. The maximum Gasteiger partial charge on any atom is 0.351 e. The highest BCUT2D eigenvalue weighted by atomic mass is 35.5. The molecule has 0 atom stereocenters. The molecule has 0 aliphatic carbocycles. The summed E-state index contributed by atoms with van der Waals surface area (Å²) in [5.74, 6) is 0.197. The van der Waals surface area contributed by atoms with E-state index in [2.05, 4.69) is 15.4 Å². The highest BCUT2D eigenvalue weighted by Gasteiger charge is 2.16. The average molecular weight is 439 g/mol. The number of carbonyl (C=O) groups excluding carboxylic acids is 1. The van der Waals surface area contributed by atoms with Crippen LogP contribution in [0, 0.1) is 0 Å².